The van der Waals surface area contributed by atoms with Gasteiger partial charge in [-0.15, -0.1) is 12.4 Å². The molecule has 0 saturated carbocycles. The Hall–Kier alpha value is -1.54. The fourth-order valence-electron chi connectivity index (χ4n) is 1.34. The Morgan fingerprint density at radius 3 is 2.07 bits per heavy atom. The molecule has 2 aromatic rings. The predicted molar refractivity (Wildman–Crippen MR) is 60.7 cm³/mol. The van der Waals surface area contributed by atoms with Gasteiger partial charge >= 0.3 is 0 Å². The van der Waals surface area contributed by atoms with Gasteiger partial charge in [0, 0.05) is 5.56 Å². The van der Waals surface area contributed by atoms with Crippen LogP contribution in [0.1, 0.15) is 0 Å². The maximum absolute atomic E-state index is 13.3. The van der Waals surface area contributed by atoms with E-state index in [9.17, 15) is 4.39 Å². The molecule has 3 heteroatoms. The standard InChI is InChI=1S/C12H9FO.ClH/c13-12-4-2-1-3-11(12)9-5-7-10(14)8-6-9;/h1-8,14H;1H. The van der Waals surface area contributed by atoms with Gasteiger partial charge in [-0.1, -0.05) is 30.3 Å². The number of aromatic hydroxyl groups is 1. The summed E-state index contributed by atoms with van der Waals surface area (Å²) < 4.78 is 13.3. The van der Waals surface area contributed by atoms with Gasteiger partial charge < -0.3 is 5.11 Å². The Balaban J connectivity index is 0.00000112. The minimum absolute atomic E-state index is 0. The molecule has 2 aromatic carbocycles. The van der Waals surface area contributed by atoms with E-state index in [1.807, 2.05) is 0 Å². The topological polar surface area (TPSA) is 20.2 Å². The Bertz CT molecular complexity index is 440. The van der Waals surface area contributed by atoms with Gasteiger partial charge in [-0.2, -0.15) is 0 Å². The quantitative estimate of drug-likeness (QED) is 0.785. The van der Waals surface area contributed by atoms with Gasteiger partial charge in [0.15, 0.2) is 0 Å². The van der Waals surface area contributed by atoms with Gasteiger partial charge in [0.05, 0.1) is 0 Å². The largest absolute Gasteiger partial charge is 0.508 e. The average molecular weight is 225 g/mol. The number of hydrogen-bond donors (Lipinski definition) is 1. The van der Waals surface area contributed by atoms with Crippen LogP contribution in [0.15, 0.2) is 48.5 Å². The number of phenols is 1. The minimum atomic E-state index is -0.252. The van der Waals surface area contributed by atoms with E-state index in [-0.39, 0.29) is 24.0 Å². The summed E-state index contributed by atoms with van der Waals surface area (Å²) in [6.07, 6.45) is 0. The SMILES string of the molecule is Cl.Oc1ccc(-c2ccccc2F)cc1. The molecule has 0 aliphatic carbocycles. The lowest BCUT2D eigenvalue weighted by Gasteiger charge is -2.02. The summed E-state index contributed by atoms with van der Waals surface area (Å²) in [5, 5.41) is 9.08. The van der Waals surface area contributed by atoms with Crippen LogP contribution in [0.4, 0.5) is 4.39 Å². The van der Waals surface area contributed by atoms with Gasteiger partial charge in [0.2, 0.25) is 0 Å². The summed E-state index contributed by atoms with van der Waals surface area (Å²) in [5.41, 5.74) is 1.31. The van der Waals surface area contributed by atoms with Crippen molar-refractivity contribution in [3.05, 3.63) is 54.3 Å². The van der Waals surface area contributed by atoms with Crippen molar-refractivity contribution >= 4 is 12.4 Å². The number of rotatable bonds is 1. The fraction of sp³-hybridized carbons (Fsp3) is 0. The van der Waals surface area contributed by atoms with Crippen molar-refractivity contribution in [3.63, 3.8) is 0 Å². The Morgan fingerprint density at radius 2 is 1.47 bits per heavy atom. The van der Waals surface area contributed by atoms with Crippen molar-refractivity contribution in [1.82, 2.24) is 0 Å². The molecule has 15 heavy (non-hydrogen) atoms. The molecule has 1 N–H and O–H groups in total. The van der Waals surface area contributed by atoms with Crippen molar-refractivity contribution in [1.29, 1.82) is 0 Å². The number of benzene rings is 2. The van der Waals surface area contributed by atoms with Crippen LogP contribution in [-0.2, 0) is 0 Å². The maximum Gasteiger partial charge on any atom is 0.131 e. The molecule has 0 saturated heterocycles. The zero-order valence-electron chi connectivity index (χ0n) is 7.85. The van der Waals surface area contributed by atoms with E-state index in [4.69, 9.17) is 5.11 Å². The van der Waals surface area contributed by atoms with Crippen LogP contribution in [0, 0.1) is 5.82 Å². The lowest BCUT2D eigenvalue weighted by atomic mass is 10.1. The molecule has 0 atom stereocenters. The van der Waals surface area contributed by atoms with Gasteiger partial charge in [-0.05, 0) is 23.8 Å². The van der Waals surface area contributed by atoms with Crippen LogP contribution in [0.5, 0.6) is 5.75 Å². The highest BCUT2D eigenvalue weighted by Crippen LogP contribution is 2.23. The van der Waals surface area contributed by atoms with Crippen LogP contribution in [0.3, 0.4) is 0 Å². The number of halogens is 2. The van der Waals surface area contributed by atoms with E-state index >= 15 is 0 Å². The molecule has 1 nitrogen and oxygen atoms in total. The number of phenolic OH excluding ortho intramolecular Hbond substituents is 1. The third-order valence-corrected chi connectivity index (χ3v) is 2.05. The fourth-order valence-corrected chi connectivity index (χ4v) is 1.34. The molecule has 0 aromatic heterocycles. The zero-order valence-corrected chi connectivity index (χ0v) is 8.67. The lowest BCUT2D eigenvalue weighted by Crippen LogP contribution is -1.82. The van der Waals surface area contributed by atoms with E-state index in [0.717, 1.165) is 5.56 Å². The van der Waals surface area contributed by atoms with Gasteiger partial charge in [-0.25, -0.2) is 4.39 Å². The lowest BCUT2D eigenvalue weighted by molar-refractivity contribution is 0.475. The molecule has 0 aliphatic heterocycles. The zero-order chi connectivity index (χ0) is 9.97. The monoisotopic (exact) mass is 224 g/mol. The molecule has 0 spiro atoms. The van der Waals surface area contributed by atoms with Crippen molar-refractivity contribution in [2.75, 3.05) is 0 Å². The van der Waals surface area contributed by atoms with Crippen molar-refractivity contribution in [2.45, 2.75) is 0 Å². The first kappa shape index (κ1) is 11.5. The molecular formula is C12H10ClFO. The van der Waals surface area contributed by atoms with Crippen LogP contribution < -0.4 is 0 Å². The highest BCUT2D eigenvalue weighted by atomic mass is 35.5. The summed E-state index contributed by atoms with van der Waals surface area (Å²) in [5.74, 6) is -0.0664. The smallest absolute Gasteiger partial charge is 0.131 e. The van der Waals surface area contributed by atoms with E-state index in [1.54, 1.807) is 42.5 Å². The van der Waals surface area contributed by atoms with E-state index < -0.39 is 0 Å². The summed E-state index contributed by atoms with van der Waals surface area (Å²) in [7, 11) is 0. The van der Waals surface area contributed by atoms with E-state index in [1.165, 1.54) is 6.07 Å². The molecule has 0 bridgehead atoms. The van der Waals surface area contributed by atoms with Gasteiger partial charge in [-0.3, -0.25) is 0 Å². The molecule has 0 heterocycles. The second-order valence-corrected chi connectivity index (χ2v) is 3.03. The first-order chi connectivity index (χ1) is 6.77. The van der Waals surface area contributed by atoms with E-state index in [2.05, 4.69) is 0 Å². The number of hydrogen-bond acceptors (Lipinski definition) is 1. The molecule has 0 radical (unpaired) electrons. The van der Waals surface area contributed by atoms with Gasteiger partial charge in [0.1, 0.15) is 11.6 Å². The summed E-state index contributed by atoms with van der Waals surface area (Å²) in [6.45, 7) is 0. The normalized spacial score (nSPS) is 9.40. The minimum Gasteiger partial charge on any atom is -0.508 e. The van der Waals surface area contributed by atoms with Crippen molar-refractivity contribution < 1.29 is 9.50 Å². The molecule has 0 amide bonds. The average Bonchev–Trinajstić information content (AvgIpc) is 2.20. The van der Waals surface area contributed by atoms with Crippen molar-refractivity contribution in [3.8, 4) is 16.9 Å². The Labute approximate surface area is 93.6 Å². The van der Waals surface area contributed by atoms with Crippen LogP contribution in [0.25, 0.3) is 11.1 Å². The third kappa shape index (κ3) is 2.48. The Kier molecular flexibility index (Phi) is 3.69. The molecule has 78 valence electrons. The van der Waals surface area contributed by atoms with Crippen molar-refractivity contribution in [2.24, 2.45) is 0 Å². The third-order valence-electron chi connectivity index (χ3n) is 2.05. The maximum atomic E-state index is 13.3. The first-order valence-electron chi connectivity index (χ1n) is 4.31. The Morgan fingerprint density at radius 1 is 0.867 bits per heavy atom. The summed E-state index contributed by atoms with van der Waals surface area (Å²) in [6, 6.07) is 13.0. The first-order valence-corrected chi connectivity index (χ1v) is 4.31. The van der Waals surface area contributed by atoms with Crippen LogP contribution in [-0.4, -0.2) is 5.11 Å². The predicted octanol–water partition coefficient (Wildman–Crippen LogP) is 3.62. The summed E-state index contributed by atoms with van der Waals surface area (Å²) in [4.78, 5) is 0. The molecule has 0 aliphatic rings. The van der Waals surface area contributed by atoms with Gasteiger partial charge in [0.25, 0.3) is 0 Å². The van der Waals surface area contributed by atoms with Crippen LogP contribution >= 0.6 is 12.4 Å². The highest BCUT2D eigenvalue weighted by Gasteiger charge is 2.02. The van der Waals surface area contributed by atoms with Crippen LogP contribution in [0.2, 0.25) is 0 Å². The molecule has 0 unspecified atom stereocenters. The molecular weight excluding hydrogens is 215 g/mol. The highest BCUT2D eigenvalue weighted by molar-refractivity contribution is 5.85. The summed E-state index contributed by atoms with van der Waals surface area (Å²) >= 11 is 0. The molecule has 2 rings (SSSR count). The van der Waals surface area contributed by atoms with E-state index in [0.29, 0.717) is 5.56 Å². The second-order valence-electron chi connectivity index (χ2n) is 3.03. The second kappa shape index (κ2) is 4.80. The molecule has 0 fully saturated rings.